The van der Waals surface area contributed by atoms with Gasteiger partial charge in [-0.25, -0.2) is 0 Å². The first-order valence-electron chi connectivity index (χ1n) is 9.57. The number of carboxylic acids is 1. The highest BCUT2D eigenvalue weighted by Gasteiger charge is 2.28. The van der Waals surface area contributed by atoms with Crippen LogP contribution in [0.3, 0.4) is 0 Å². The molecule has 0 unspecified atom stereocenters. The van der Waals surface area contributed by atoms with Crippen LogP contribution in [0, 0.1) is 5.92 Å². The van der Waals surface area contributed by atoms with Crippen molar-refractivity contribution in [2.45, 2.75) is 52.0 Å². The van der Waals surface area contributed by atoms with Crippen LogP contribution in [0.2, 0.25) is 0 Å². The average Bonchev–Trinajstić information content (AvgIpc) is 2.60. The number of amides is 1. The summed E-state index contributed by atoms with van der Waals surface area (Å²) in [5.74, 6) is -0.154. The summed E-state index contributed by atoms with van der Waals surface area (Å²) in [6.45, 7) is 7.84. The number of carbonyl (C=O) groups excluding carboxylic acids is 1. The Balaban J connectivity index is 0.00000364. The Morgan fingerprint density at radius 2 is 1.70 bits per heavy atom. The van der Waals surface area contributed by atoms with Crippen LogP contribution in [-0.2, 0) is 16.0 Å². The van der Waals surface area contributed by atoms with Gasteiger partial charge in [-0.3, -0.25) is 14.5 Å². The van der Waals surface area contributed by atoms with Gasteiger partial charge in [0.1, 0.15) is 0 Å². The molecule has 0 radical (unpaired) electrons. The third-order valence-electron chi connectivity index (χ3n) is 5.28. The number of likely N-dealkylation sites (N-methyl/N-ethyl adjacent to an activating group) is 1. The Hall–Kier alpha value is -1.59. The first-order chi connectivity index (χ1) is 12.3. The van der Waals surface area contributed by atoms with E-state index in [2.05, 4.69) is 38.1 Å². The number of hydrogen-bond donors (Lipinski definition) is 1. The van der Waals surface area contributed by atoms with Crippen molar-refractivity contribution >= 4 is 24.3 Å². The number of rotatable bonds is 7. The normalized spacial score (nSPS) is 16.3. The summed E-state index contributed by atoms with van der Waals surface area (Å²) in [5.41, 5.74) is 2.37. The Kier molecular flexibility index (Phi) is 9.27. The van der Waals surface area contributed by atoms with E-state index in [0.717, 1.165) is 24.8 Å². The predicted molar refractivity (Wildman–Crippen MR) is 111 cm³/mol. The molecular formula is C21H33ClN2O3. The third kappa shape index (κ3) is 6.82. The van der Waals surface area contributed by atoms with Crippen LogP contribution in [-0.4, -0.2) is 59.5 Å². The highest BCUT2D eigenvalue weighted by Crippen LogP contribution is 2.23. The topological polar surface area (TPSA) is 60.9 Å². The molecule has 1 saturated heterocycles. The Labute approximate surface area is 169 Å². The SMILES string of the molecule is CC(C)Cc1ccc([C@H](C)C(=O)N2CCC(N(C)CC(=O)O)CC2)cc1.Cl. The Morgan fingerprint density at radius 3 is 2.19 bits per heavy atom. The zero-order chi connectivity index (χ0) is 19.3. The molecule has 1 amide bonds. The van der Waals surface area contributed by atoms with Gasteiger partial charge in [-0.1, -0.05) is 38.1 Å². The van der Waals surface area contributed by atoms with E-state index in [9.17, 15) is 9.59 Å². The molecule has 152 valence electrons. The Morgan fingerprint density at radius 1 is 1.15 bits per heavy atom. The number of halogens is 1. The lowest BCUT2D eigenvalue weighted by molar-refractivity contribution is -0.140. The maximum atomic E-state index is 12.8. The van der Waals surface area contributed by atoms with E-state index in [1.807, 2.05) is 23.8 Å². The molecule has 0 spiro atoms. The van der Waals surface area contributed by atoms with Gasteiger partial charge in [0.05, 0.1) is 12.5 Å². The molecule has 5 nitrogen and oxygen atoms in total. The molecule has 2 rings (SSSR count). The number of carbonyl (C=O) groups is 2. The summed E-state index contributed by atoms with van der Waals surface area (Å²) in [6, 6.07) is 8.65. The van der Waals surface area contributed by atoms with Crippen molar-refractivity contribution in [1.82, 2.24) is 9.80 Å². The van der Waals surface area contributed by atoms with Crippen LogP contribution in [0.4, 0.5) is 0 Å². The average molecular weight is 397 g/mol. The summed E-state index contributed by atoms with van der Waals surface area (Å²) in [4.78, 5) is 27.5. The molecule has 1 aromatic carbocycles. The summed E-state index contributed by atoms with van der Waals surface area (Å²) in [7, 11) is 1.84. The molecule has 1 N–H and O–H groups in total. The summed E-state index contributed by atoms with van der Waals surface area (Å²) < 4.78 is 0. The minimum atomic E-state index is -0.805. The second kappa shape index (κ2) is 10.7. The number of likely N-dealkylation sites (tertiary alicyclic amines) is 1. The van der Waals surface area contributed by atoms with E-state index in [-0.39, 0.29) is 36.8 Å². The lowest BCUT2D eigenvalue weighted by Gasteiger charge is -2.37. The van der Waals surface area contributed by atoms with Crippen LogP contribution in [0.5, 0.6) is 0 Å². The monoisotopic (exact) mass is 396 g/mol. The van der Waals surface area contributed by atoms with Gasteiger partial charge in [-0.05, 0) is 50.3 Å². The molecule has 1 fully saturated rings. The summed E-state index contributed by atoms with van der Waals surface area (Å²) in [6.07, 6.45) is 2.71. The van der Waals surface area contributed by atoms with Gasteiger partial charge in [-0.2, -0.15) is 0 Å². The van der Waals surface area contributed by atoms with Gasteiger partial charge >= 0.3 is 5.97 Å². The second-order valence-electron chi connectivity index (χ2n) is 7.93. The molecule has 0 saturated carbocycles. The van der Waals surface area contributed by atoms with E-state index in [1.54, 1.807) is 0 Å². The molecule has 0 aromatic heterocycles. The number of benzene rings is 1. The predicted octanol–water partition coefficient (Wildman–Crippen LogP) is 3.42. The maximum Gasteiger partial charge on any atom is 0.317 e. The molecule has 1 aromatic rings. The van der Waals surface area contributed by atoms with Crippen LogP contribution in [0.15, 0.2) is 24.3 Å². The third-order valence-corrected chi connectivity index (χ3v) is 5.28. The van der Waals surface area contributed by atoms with Gasteiger partial charge in [0, 0.05) is 19.1 Å². The van der Waals surface area contributed by atoms with Crippen molar-refractivity contribution in [3.05, 3.63) is 35.4 Å². The molecule has 0 aliphatic carbocycles. The van der Waals surface area contributed by atoms with Crippen molar-refractivity contribution in [3.8, 4) is 0 Å². The number of hydrogen-bond acceptors (Lipinski definition) is 3. The van der Waals surface area contributed by atoms with E-state index in [1.165, 1.54) is 5.56 Å². The quantitative estimate of drug-likeness (QED) is 0.767. The minimum absolute atomic E-state index is 0. The number of carboxylic acid groups (broad SMARTS) is 1. The Bertz CT molecular complexity index is 610. The second-order valence-corrected chi connectivity index (χ2v) is 7.93. The first kappa shape index (κ1) is 23.4. The highest BCUT2D eigenvalue weighted by molar-refractivity contribution is 5.85. The number of piperidine rings is 1. The van der Waals surface area contributed by atoms with E-state index < -0.39 is 5.97 Å². The highest BCUT2D eigenvalue weighted by atomic mass is 35.5. The fourth-order valence-corrected chi connectivity index (χ4v) is 3.70. The van der Waals surface area contributed by atoms with Crippen molar-refractivity contribution < 1.29 is 14.7 Å². The van der Waals surface area contributed by atoms with Gasteiger partial charge in [-0.15, -0.1) is 12.4 Å². The van der Waals surface area contributed by atoms with Gasteiger partial charge in [0.2, 0.25) is 5.91 Å². The summed E-state index contributed by atoms with van der Waals surface area (Å²) >= 11 is 0. The van der Waals surface area contributed by atoms with Crippen LogP contribution < -0.4 is 0 Å². The fraction of sp³-hybridized carbons (Fsp3) is 0.619. The standard InChI is InChI=1S/C21H32N2O3.ClH/c1-15(2)13-17-5-7-18(8-6-17)16(3)21(26)23-11-9-19(10-12-23)22(4)14-20(24)25;/h5-8,15-16,19H,9-14H2,1-4H3,(H,24,25);1H/t16-;/m0./s1. The number of nitrogens with zero attached hydrogens (tertiary/aromatic N) is 2. The minimum Gasteiger partial charge on any atom is -0.480 e. The molecule has 1 atom stereocenters. The van der Waals surface area contributed by atoms with Crippen LogP contribution in [0.1, 0.15) is 50.7 Å². The van der Waals surface area contributed by atoms with E-state index in [4.69, 9.17) is 5.11 Å². The van der Waals surface area contributed by atoms with Crippen molar-refractivity contribution in [1.29, 1.82) is 0 Å². The first-order valence-corrected chi connectivity index (χ1v) is 9.57. The van der Waals surface area contributed by atoms with Crippen molar-refractivity contribution in [3.63, 3.8) is 0 Å². The van der Waals surface area contributed by atoms with Crippen molar-refractivity contribution in [2.75, 3.05) is 26.7 Å². The molecule has 1 aliphatic rings. The zero-order valence-corrected chi connectivity index (χ0v) is 17.7. The van der Waals surface area contributed by atoms with Gasteiger partial charge in [0.15, 0.2) is 0 Å². The molecular weight excluding hydrogens is 364 g/mol. The molecule has 1 heterocycles. The largest absolute Gasteiger partial charge is 0.480 e. The lowest BCUT2D eigenvalue weighted by atomic mass is 9.94. The zero-order valence-electron chi connectivity index (χ0n) is 16.9. The van der Waals surface area contributed by atoms with Crippen molar-refractivity contribution in [2.24, 2.45) is 5.92 Å². The van der Waals surface area contributed by atoms with Crippen LogP contribution >= 0.6 is 12.4 Å². The fourth-order valence-electron chi connectivity index (χ4n) is 3.70. The smallest absolute Gasteiger partial charge is 0.317 e. The van der Waals surface area contributed by atoms with Gasteiger partial charge in [0.25, 0.3) is 0 Å². The molecule has 27 heavy (non-hydrogen) atoms. The number of aliphatic carboxylic acids is 1. The summed E-state index contributed by atoms with van der Waals surface area (Å²) in [5, 5.41) is 8.92. The van der Waals surface area contributed by atoms with Crippen LogP contribution in [0.25, 0.3) is 0 Å². The van der Waals surface area contributed by atoms with Gasteiger partial charge < -0.3 is 10.0 Å². The molecule has 6 heteroatoms. The lowest BCUT2D eigenvalue weighted by Crippen LogP contribution is -2.47. The molecule has 0 bridgehead atoms. The van der Waals surface area contributed by atoms with E-state index >= 15 is 0 Å². The van der Waals surface area contributed by atoms with E-state index in [0.29, 0.717) is 19.0 Å². The molecule has 1 aliphatic heterocycles. The maximum absolute atomic E-state index is 12.8.